The van der Waals surface area contributed by atoms with Gasteiger partial charge in [0.25, 0.3) is 0 Å². The van der Waals surface area contributed by atoms with Crippen LogP contribution in [0.4, 0.5) is 0 Å². The Kier molecular flexibility index (Phi) is 5.38. The van der Waals surface area contributed by atoms with Gasteiger partial charge in [0.15, 0.2) is 0 Å². The fourth-order valence-electron chi connectivity index (χ4n) is 2.25. The van der Waals surface area contributed by atoms with Crippen molar-refractivity contribution in [3.63, 3.8) is 0 Å². The second-order valence-corrected chi connectivity index (χ2v) is 6.45. The molecule has 2 aromatic carbocycles. The van der Waals surface area contributed by atoms with E-state index in [2.05, 4.69) is 84.5 Å². The fraction of sp³-hybridized carbons (Fsp3) is 0.333. The third-order valence-electron chi connectivity index (χ3n) is 3.68. The minimum Gasteiger partial charge on any atom is -0.310 e. The molecule has 106 valence electrons. The topological polar surface area (TPSA) is 12.0 Å². The predicted molar refractivity (Wildman–Crippen MR) is 90.1 cm³/mol. The maximum atomic E-state index is 3.60. The Balaban J connectivity index is 1.86. The smallest absolute Gasteiger partial charge is 0.0208 e. The standard InChI is InChI=1S/C18H22BrN/c1-13-4-5-17(10-14(13)2)12-20-15(3)11-16-6-8-18(19)9-7-16/h4-10,15,20H,11-12H2,1-3H3. The van der Waals surface area contributed by atoms with Crippen LogP contribution in [0.1, 0.15) is 29.2 Å². The number of halogens is 1. The molecule has 0 aliphatic heterocycles. The molecule has 2 heteroatoms. The molecule has 1 unspecified atom stereocenters. The number of rotatable bonds is 5. The van der Waals surface area contributed by atoms with E-state index < -0.39 is 0 Å². The highest BCUT2D eigenvalue weighted by molar-refractivity contribution is 9.10. The molecule has 20 heavy (non-hydrogen) atoms. The molecule has 0 amide bonds. The maximum Gasteiger partial charge on any atom is 0.0208 e. The predicted octanol–water partition coefficient (Wildman–Crippen LogP) is 4.79. The van der Waals surface area contributed by atoms with Crippen LogP contribution >= 0.6 is 15.9 Å². The van der Waals surface area contributed by atoms with Crippen LogP contribution in [0, 0.1) is 13.8 Å². The van der Waals surface area contributed by atoms with E-state index in [-0.39, 0.29) is 0 Å². The molecule has 2 rings (SSSR count). The average Bonchev–Trinajstić information content (AvgIpc) is 2.43. The minimum atomic E-state index is 0.470. The largest absolute Gasteiger partial charge is 0.310 e. The van der Waals surface area contributed by atoms with E-state index in [1.54, 1.807) is 0 Å². The van der Waals surface area contributed by atoms with Crippen molar-refractivity contribution in [3.05, 3.63) is 69.2 Å². The summed E-state index contributed by atoms with van der Waals surface area (Å²) in [5.41, 5.74) is 5.45. The lowest BCUT2D eigenvalue weighted by molar-refractivity contribution is 0.545. The molecule has 0 fully saturated rings. The lowest BCUT2D eigenvalue weighted by atomic mass is 10.0. The van der Waals surface area contributed by atoms with Gasteiger partial charge in [0.05, 0.1) is 0 Å². The van der Waals surface area contributed by atoms with Gasteiger partial charge in [0.1, 0.15) is 0 Å². The van der Waals surface area contributed by atoms with E-state index in [0.29, 0.717) is 6.04 Å². The molecular formula is C18H22BrN. The molecule has 0 heterocycles. The Hall–Kier alpha value is -1.12. The first-order chi connectivity index (χ1) is 9.54. The second kappa shape index (κ2) is 7.05. The molecule has 0 aromatic heterocycles. The van der Waals surface area contributed by atoms with Crippen molar-refractivity contribution in [1.82, 2.24) is 5.32 Å². The van der Waals surface area contributed by atoms with Crippen molar-refractivity contribution in [2.75, 3.05) is 0 Å². The summed E-state index contributed by atoms with van der Waals surface area (Å²) in [6.45, 7) is 7.49. The van der Waals surface area contributed by atoms with E-state index in [9.17, 15) is 0 Å². The van der Waals surface area contributed by atoms with Crippen LogP contribution in [0.15, 0.2) is 46.9 Å². The Morgan fingerprint density at radius 1 is 0.950 bits per heavy atom. The van der Waals surface area contributed by atoms with Gasteiger partial charge in [-0.15, -0.1) is 0 Å². The van der Waals surface area contributed by atoms with Gasteiger partial charge in [0, 0.05) is 17.1 Å². The van der Waals surface area contributed by atoms with Crippen LogP contribution in [0.25, 0.3) is 0 Å². The summed E-state index contributed by atoms with van der Waals surface area (Å²) >= 11 is 3.47. The van der Waals surface area contributed by atoms with Crippen LogP contribution in [-0.2, 0) is 13.0 Å². The first-order valence-electron chi connectivity index (χ1n) is 7.08. The van der Waals surface area contributed by atoms with Crippen LogP contribution < -0.4 is 5.32 Å². The lowest BCUT2D eigenvalue weighted by Crippen LogP contribution is -2.27. The number of aryl methyl sites for hydroxylation is 2. The van der Waals surface area contributed by atoms with Gasteiger partial charge in [-0.25, -0.2) is 0 Å². The summed E-state index contributed by atoms with van der Waals surface area (Å²) in [5, 5.41) is 3.60. The molecule has 0 bridgehead atoms. The van der Waals surface area contributed by atoms with Gasteiger partial charge in [0.2, 0.25) is 0 Å². The molecule has 0 saturated carbocycles. The first-order valence-corrected chi connectivity index (χ1v) is 7.88. The van der Waals surface area contributed by atoms with Gasteiger partial charge in [-0.3, -0.25) is 0 Å². The van der Waals surface area contributed by atoms with Crippen LogP contribution in [0.2, 0.25) is 0 Å². The Bertz CT molecular complexity index is 560. The minimum absolute atomic E-state index is 0.470. The lowest BCUT2D eigenvalue weighted by Gasteiger charge is -2.14. The third-order valence-corrected chi connectivity index (χ3v) is 4.21. The summed E-state index contributed by atoms with van der Waals surface area (Å²) in [4.78, 5) is 0. The van der Waals surface area contributed by atoms with Gasteiger partial charge >= 0.3 is 0 Å². The Morgan fingerprint density at radius 2 is 1.60 bits per heavy atom. The van der Waals surface area contributed by atoms with E-state index in [1.807, 2.05) is 0 Å². The molecule has 1 N–H and O–H groups in total. The first kappa shape index (κ1) is 15.3. The zero-order chi connectivity index (χ0) is 14.5. The zero-order valence-electron chi connectivity index (χ0n) is 12.4. The summed E-state index contributed by atoms with van der Waals surface area (Å²) in [6, 6.07) is 15.7. The molecular weight excluding hydrogens is 310 g/mol. The molecule has 0 radical (unpaired) electrons. The summed E-state index contributed by atoms with van der Waals surface area (Å²) in [5.74, 6) is 0. The highest BCUT2D eigenvalue weighted by atomic mass is 79.9. The third kappa shape index (κ3) is 4.46. The number of hydrogen-bond donors (Lipinski definition) is 1. The maximum absolute atomic E-state index is 3.60. The van der Waals surface area contributed by atoms with E-state index in [0.717, 1.165) is 17.4 Å². The van der Waals surface area contributed by atoms with Gasteiger partial charge < -0.3 is 5.32 Å². The summed E-state index contributed by atoms with van der Waals surface area (Å²) in [6.07, 6.45) is 1.05. The SMILES string of the molecule is Cc1ccc(CNC(C)Cc2ccc(Br)cc2)cc1C. The van der Waals surface area contributed by atoms with Crippen molar-refractivity contribution in [2.45, 2.75) is 39.8 Å². The molecule has 1 atom stereocenters. The molecule has 0 aliphatic carbocycles. The van der Waals surface area contributed by atoms with Crippen molar-refractivity contribution < 1.29 is 0 Å². The highest BCUT2D eigenvalue weighted by Gasteiger charge is 2.04. The summed E-state index contributed by atoms with van der Waals surface area (Å²) < 4.78 is 1.14. The van der Waals surface area contributed by atoms with Crippen LogP contribution in [0.5, 0.6) is 0 Å². The summed E-state index contributed by atoms with van der Waals surface area (Å²) in [7, 11) is 0. The average molecular weight is 332 g/mol. The van der Waals surface area contributed by atoms with E-state index in [1.165, 1.54) is 22.3 Å². The Labute approximate surface area is 130 Å². The van der Waals surface area contributed by atoms with Gasteiger partial charge in [-0.05, 0) is 61.6 Å². The van der Waals surface area contributed by atoms with Crippen LogP contribution in [0.3, 0.4) is 0 Å². The molecule has 0 saturated heterocycles. The van der Waals surface area contributed by atoms with Crippen molar-refractivity contribution in [1.29, 1.82) is 0 Å². The van der Waals surface area contributed by atoms with E-state index in [4.69, 9.17) is 0 Å². The zero-order valence-corrected chi connectivity index (χ0v) is 14.0. The fourth-order valence-corrected chi connectivity index (χ4v) is 2.52. The Morgan fingerprint density at radius 3 is 2.25 bits per heavy atom. The van der Waals surface area contributed by atoms with Gasteiger partial charge in [-0.1, -0.05) is 46.3 Å². The van der Waals surface area contributed by atoms with Crippen molar-refractivity contribution >= 4 is 15.9 Å². The number of nitrogens with one attached hydrogen (secondary N) is 1. The normalized spacial score (nSPS) is 12.4. The molecule has 0 aliphatic rings. The quantitative estimate of drug-likeness (QED) is 0.830. The van der Waals surface area contributed by atoms with Crippen molar-refractivity contribution in [3.8, 4) is 0 Å². The monoisotopic (exact) mass is 331 g/mol. The van der Waals surface area contributed by atoms with Crippen LogP contribution in [-0.4, -0.2) is 6.04 Å². The molecule has 2 aromatic rings. The molecule has 1 nitrogen and oxygen atoms in total. The van der Waals surface area contributed by atoms with E-state index >= 15 is 0 Å². The number of benzene rings is 2. The molecule has 0 spiro atoms. The second-order valence-electron chi connectivity index (χ2n) is 5.53. The highest BCUT2D eigenvalue weighted by Crippen LogP contribution is 2.13. The van der Waals surface area contributed by atoms with Gasteiger partial charge in [-0.2, -0.15) is 0 Å². The number of hydrogen-bond acceptors (Lipinski definition) is 1. The van der Waals surface area contributed by atoms with Crippen molar-refractivity contribution in [2.24, 2.45) is 0 Å².